The van der Waals surface area contributed by atoms with Crippen molar-refractivity contribution in [2.75, 3.05) is 38.1 Å². The fourth-order valence-electron chi connectivity index (χ4n) is 3.78. The third-order valence-corrected chi connectivity index (χ3v) is 6.54. The first kappa shape index (κ1) is 36.9. The molecule has 4 aromatic rings. The number of amides is 2. The van der Waals surface area contributed by atoms with Crippen molar-refractivity contribution >= 4 is 57.8 Å². The summed E-state index contributed by atoms with van der Waals surface area (Å²) in [6, 6.07) is 28.2. The SMILES string of the molecule is CCOc1ccc(C(=O)NNC(=S)Nc2ccc(OC)cc2)cc1.CCOc1ccc(C(=O)NNC(=S)Nc2ccc(OC)cc2)cc1. The molecule has 252 valence electrons. The molecular formula is C34H38N6O6S2. The van der Waals surface area contributed by atoms with Crippen molar-refractivity contribution in [3.05, 3.63) is 108 Å². The predicted octanol–water partition coefficient (Wildman–Crippen LogP) is 5.45. The van der Waals surface area contributed by atoms with E-state index in [1.54, 1.807) is 62.8 Å². The second-order valence-corrected chi connectivity index (χ2v) is 10.3. The number of ether oxygens (including phenoxy) is 4. The minimum atomic E-state index is -0.295. The van der Waals surface area contributed by atoms with E-state index in [4.69, 9.17) is 43.4 Å². The van der Waals surface area contributed by atoms with Gasteiger partial charge in [0.2, 0.25) is 0 Å². The first-order valence-electron chi connectivity index (χ1n) is 14.7. The molecule has 0 spiro atoms. The Morgan fingerprint density at radius 2 is 0.812 bits per heavy atom. The summed E-state index contributed by atoms with van der Waals surface area (Å²) < 4.78 is 20.8. The Morgan fingerprint density at radius 3 is 1.10 bits per heavy atom. The van der Waals surface area contributed by atoms with Gasteiger partial charge in [-0.15, -0.1) is 0 Å². The summed E-state index contributed by atoms with van der Waals surface area (Å²) in [4.78, 5) is 24.1. The van der Waals surface area contributed by atoms with E-state index in [1.165, 1.54) is 0 Å². The average Bonchev–Trinajstić information content (AvgIpc) is 3.11. The first-order valence-corrected chi connectivity index (χ1v) is 15.5. The minimum absolute atomic E-state index is 0.277. The van der Waals surface area contributed by atoms with E-state index >= 15 is 0 Å². The maximum atomic E-state index is 12.0. The number of rotatable bonds is 10. The van der Waals surface area contributed by atoms with Crippen LogP contribution in [0.5, 0.6) is 23.0 Å². The third kappa shape index (κ3) is 12.7. The molecule has 4 rings (SSSR count). The number of benzene rings is 4. The first-order chi connectivity index (χ1) is 23.2. The fraction of sp³-hybridized carbons (Fsp3) is 0.176. The van der Waals surface area contributed by atoms with Crippen LogP contribution in [0, 0.1) is 0 Å². The standard InChI is InChI=1S/2C17H19N3O3S/c2*1-3-23-15-8-4-12(5-9-15)16(21)19-20-17(24)18-13-6-10-14(22-2)11-7-13/h2*4-11H,3H2,1-2H3,(H,19,21)(H2,18,20,24). The molecule has 48 heavy (non-hydrogen) atoms. The van der Waals surface area contributed by atoms with Gasteiger partial charge in [-0.3, -0.25) is 31.3 Å². The smallest absolute Gasteiger partial charge is 0.269 e. The van der Waals surface area contributed by atoms with Crippen LogP contribution in [-0.4, -0.2) is 49.5 Å². The van der Waals surface area contributed by atoms with Gasteiger partial charge < -0.3 is 29.6 Å². The van der Waals surface area contributed by atoms with E-state index in [0.29, 0.717) is 24.3 Å². The normalized spacial score (nSPS) is 9.75. The Morgan fingerprint density at radius 1 is 0.500 bits per heavy atom. The number of anilines is 2. The van der Waals surface area contributed by atoms with Crippen LogP contribution in [0.2, 0.25) is 0 Å². The summed E-state index contributed by atoms with van der Waals surface area (Å²) in [5.41, 5.74) is 12.9. The Kier molecular flexibility index (Phi) is 15.2. The van der Waals surface area contributed by atoms with Gasteiger partial charge in [0.15, 0.2) is 10.2 Å². The Labute approximate surface area is 290 Å². The van der Waals surface area contributed by atoms with E-state index in [-0.39, 0.29) is 22.0 Å². The van der Waals surface area contributed by atoms with E-state index in [2.05, 4.69) is 32.3 Å². The molecule has 0 aromatic heterocycles. The van der Waals surface area contributed by atoms with Gasteiger partial charge >= 0.3 is 0 Å². The lowest BCUT2D eigenvalue weighted by Gasteiger charge is -2.12. The van der Waals surface area contributed by atoms with Crippen molar-refractivity contribution in [2.45, 2.75) is 13.8 Å². The van der Waals surface area contributed by atoms with Crippen LogP contribution >= 0.6 is 24.4 Å². The van der Waals surface area contributed by atoms with E-state index < -0.39 is 0 Å². The molecule has 0 unspecified atom stereocenters. The maximum Gasteiger partial charge on any atom is 0.269 e. The number of methoxy groups -OCH3 is 2. The Bertz CT molecular complexity index is 1500. The molecule has 12 nitrogen and oxygen atoms in total. The topological polar surface area (TPSA) is 143 Å². The van der Waals surface area contributed by atoms with E-state index in [0.717, 1.165) is 34.4 Å². The highest BCUT2D eigenvalue weighted by Crippen LogP contribution is 2.16. The van der Waals surface area contributed by atoms with Gasteiger partial charge in [0.05, 0.1) is 27.4 Å². The predicted molar refractivity (Wildman–Crippen MR) is 195 cm³/mol. The highest BCUT2D eigenvalue weighted by molar-refractivity contribution is 7.80. The van der Waals surface area contributed by atoms with Crippen molar-refractivity contribution in [1.82, 2.24) is 21.7 Å². The van der Waals surface area contributed by atoms with Gasteiger partial charge in [0.25, 0.3) is 11.8 Å². The van der Waals surface area contributed by atoms with Crippen LogP contribution in [0.3, 0.4) is 0 Å². The van der Waals surface area contributed by atoms with E-state index in [9.17, 15) is 9.59 Å². The molecular weight excluding hydrogens is 653 g/mol. The second-order valence-electron chi connectivity index (χ2n) is 9.44. The number of hydrazine groups is 2. The van der Waals surface area contributed by atoms with Crippen LogP contribution in [0.4, 0.5) is 11.4 Å². The van der Waals surface area contributed by atoms with Crippen LogP contribution in [-0.2, 0) is 0 Å². The quantitative estimate of drug-likeness (QED) is 0.0931. The number of nitrogens with one attached hydrogen (secondary N) is 6. The molecule has 4 aromatic carbocycles. The summed E-state index contributed by atoms with van der Waals surface area (Å²) in [5, 5.41) is 6.47. The summed E-state index contributed by atoms with van der Waals surface area (Å²) in [6.45, 7) is 4.97. The number of thiocarbonyl (C=S) groups is 2. The lowest BCUT2D eigenvalue weighted by Crippen LogP contribution is -2.43. The minimum Gasteiger partial charge on any atom is -0.497 e. The number of hydrogen-bond donors (Lipinski definition) is 6. The number of hydrogen-bond acceptors (Lipinski definition) is 8. The largest absolute Gasteiger partial charge is 0.497 e. The third-order valence-electron chi connectivity index (χ3n) is 6.13. The molecule has 0 saturated heterocycles. The van der Waals surface area contributed by atoms with Gasteiger partial charge in [-0.25, -0.2) is 0 Å². The van der Waals surface area contributed by atoms with Crippen LogP contribution in [0.25, 0.3) is 0 Å². The molecule has 0 atom stereocenters. The van der Waals surface area contributed by atoms with E-state index in [1.807, 2.05) is 62.4 Å². The molecule has 0 bridgehead atoms. The van der Waals surface area contributed by atoms with Crippen molar-refractivity contribution in [1.29, 1.82) is 0 Å². The fourth-order valence-corrected chi connectivity index (χ4v) is 4.12. The molecule has 0 aliphatic carbocycles. The summed E-state index contributed by atoms with van der Waals surface area (Å²) >= 11 is 10.3. The van der Waals surface area contributed by atoms with Crippen molar-refractivity contribution in [3.8, 4) is 23.0 Å². The zero-order valence-electron chi connectivity index (χ0n) is 26.9. The van der Waals surface area contributed by atoms with Crippen LogP contribution < -0.4 is 51.3 Å². The van der Waals surface area contributed by atoms with Gasteiger partial charge in [-0.2, -0.15) is 0 Å². The molecule has 14 heteroatoms. The van der Waals surface area contributed by atoms with Gasteiger partial charge in [-0.05, 0) is 135 Å². The molecule has 0 aliphatic rings. The van der Waals surface area contributed by atoms with Gasteiger partial charge in [0.1, 0.15) is 23.0 Å². The molecule has 0 heterocycles. The van der Waals surface area contributed by atoms with Crippen molar-refractivity contribution in [2.24, 2.45) is 0 Å². The molecule has 6 N–H and O–H groups in total. The average molecular weight is 691 g/mol. The number of carbonyl (C=O) groups is 2. The molecule has 0 aliphatic heterocycles. The van der Waals surface area contributed by atoms with Gasteiger partial charge in [-0.1, -0.05) is 0 Å². The van der Waals surface area contributed by atoms with Crippen molar-refractivity contribution in [3.63, 3.8) is 0 Å². The molecule has 0 radical (unpaired) electrons. The number of carbonyl (C=O) groups excluding carboxylic acids is 2. The van der Waals surface area contributed by atoms with Crippen LogP contribution in [0.15, 0.2) is 97.1 Å². The second kappa shape index (κ2) is 19.8. The lowest BCUT2D eigenvalue weighted by molar-refractivity contribution is 0.0936. The monoisotopic (exact) mass is 690 g/mol. The van der Waals surface area contributed by atoms with Crippen LogP contribution in [0.1, 0.15) is 34.6 Å². The Hall–Kier alpha value is -5.60. The molecule has 0 saturated carbocycles. The van der Waals surface area contributed by atoms with Gasteiger partial charge in [0, 0.05) is 22.5 Å². The summed E-state index contributed by atoms with van der Waals surface area (Å²) in [5.74, 6) is 2.36. The zero-order valence-corrected chi connectivity index (χ0v) is 28.6. The Balaban J connectivity index is 0.000000260. The maximum absolute atomic E-state index is 12.0. The highest BCUT2D eigenvalue weighted by atomic mass is 32.1. The molecule has 2 amide bonds. The lowest BCUT2D eigenvalue weighted by atomic mass is 10.2. The highest BCUT2D eigenvalue weighted by Gasteiger charge is 2.08. The molecule has 0 fully saturated rings. The zero-order chi connectivity index (χ0) is 34.7. The van der Waals surface area contributed by atoms with Crippen molar-refractivity contribution < 1.29 is 28.5 Å². The summed E-state index contributed by atoms with van der Waals surface area (Å²) in [6.07, 6.45) is 0. The summed E-state index contributed by atoms with van der Waals surface area (Å²) in [7, 11) is 3.20.